The number of carbonyl (C=O) groups excluding carboxylic acids is 2. The van der Waals surface area contributed by atoms with Crippen LogP contribution in [0.4, 0.5) is 10.5 Å². The Kier molecular flexibility index (Phi) is 9.10. The van der Waals surface area contributed by atoms with E-state index < -0.39 is 12.0 Å². The zero-order valence-electron chi connectivity index (χ0n) is 21.6. The van der Waals surface area contributed by atoms with Gasteiger partial charge >= 0.3 is 12.0 Å². The van der Waals surface area contributed by atoms with E-state index in [2.05, 4.69) is 5.32 Å². The molecule has 10 nitrogen and oxygen atoms in total. The summed E-state index contributed by atoms with van der Waals surface area (Å²) in [5.74, 6) is 2.02. The van der Waals surface area contributed by atoms with E-state index in [1.807, 2.05) is 26.0 Å². The van der Waals surface area contributed by atoms with E-state index in [9.17, 15) is 9.59 Å². The van der Waals surface area contributed by atoms with E-state index in [1.54, 1.807) is 17.0 Å². The van der Waals surface area contributed by atoms with Crippen molar-refractivity contribution in [3.63, 3.8) is 0 Å². The predicted molar refractivity (Wildman–Crippen MR) is 134 cm³/mol. The summed E-state index contributed by atoms with van der Waals surface area (Å²) in [4.78, 5) is 27.5. The highest BCUT2D eigenvalue weighted by molar-refractivity contribution is 5.91. The van der Waals surface area contributed by atoms with E-state index in [-0.39, 0.29) is 12.5 Å². The quantitative estimate of drug-likeness (QED) is 0.482. The molecular formula is C26H34N2O8. The highest BCUT2D eigenvalue weighted by atomic mass is 16.5. The number of carbonyl (C=O) groups is 2. The van der Waals surface area contributed by atoms with Crippen molar-refractivity contribution >= 4 is 17.7 Å². The standard InChI is InChI=1S/C26H34N2O8/c1-7-35-20-11-16-9-10-28(19(15-24(29)33-5)18(16)14-21(20)36-8-2)26(30)27-17-12-22(31-3)25(34-6)23(13-17)32-4/h11-14,19H,7-10,15H2,1-6H3,(H,27,30)/t19-/m0/s1. The molecule has 2 aromatic carbocycles. The molecule has 10 heteroatoms. The molecule has 1 heterocycles. The molecule has 0 aromatic heterocycles. The number of fused-ring (bicyclic) bond motifs is 1. The molecule has 0 spiro atoms. The van der Waals surface area contributed by atoms with Crippen LogP contribution in [0.25, 0.3) is 0 Å². The highest BCUT2D eigenvalue weighted by Gasteiger charge is 2.34. The van der Waals surface area contributed by atoms with Crippen LogP contribution >= 0.6 is 0 Å². The van der Waals surface area contributed by atoms with Crippen LogP contribution in [0.15, 0.2) is 24.3 Å². The Hall–Kier alpha value is -3.82. The van der Waals surface area contributed by atoms with Crippen molar-refractivity contribution in [3.05, 3.63) is 35.4 Å². The molecule has 1 atom stereocenters. The Bertz CT molecular complexity index is 1060. The lowest BCUT2D eigenvalue weighted by atomic mass is 9.90. The van der Waals surface area contributed by atoms with Gasteiger partial charge in [-0.05, 0) is 43.5 Å². The number of ether oxygens (including phenoxy) is 6. The lowest BCUT2D eigenvalue weighted by Crippen LogP contribution is -2.43. The molecule has 2 amide bonds. The van der Waals surface area contributed by atoms with Crippen molar-refractivity contribution < 1.29 is 38.0 Å². The summed E-state index contributed by atoms with van der Waals surface area (Å²) in [5.41, 5.74) is 2.27. The van der Waals surface area contributed by atoms with Crippen molar-refractivity contribution in [2.45, 2.75) is 32.7 Å². The smallest absolute Gasteiger partial charge is 0.322 e. The molecular weight excluding hydrogens is 468 g/mol. The van der Waals surface area contributed by atoms with E-state index in [0.717, 1.165) is 11.1 Å². The number of hydrogen-bond acceptors (Lipinski definition) is 8. The Morgan fingerprint density at radius 1 is 0.889 bits per heavy atom. The van der Waals surface area contributed by atoms with Crippen LogP contribution in [-0.2, 0) is 16.0 Å². The number of urea groups is 1. The highest BCUT2D eigenvalue weighted by Crippen LogP contribution is 2.42. The first kappa shape index (κ1) is 26.8. The molecule has 36 heavy (non-hydrogen) atoms. The first-order valence-corrected chi connectivity index (χ1v) is 11.8. The van der Waals surface area contributed by atoms with Crippen LogP contribution in [0.2, 0.25) is 0 Å². The number of nitrogens with zero attached hydrogens (tertiary/aromatic N) is 1. The maximum Gasteiger partial charge on any atom is 0.322 e. The molecule has 1 aliphatic rings. The molecule has 3 rings (SSSR count). The Morgan fingerprint density at radius 3 is 2.03 bits per heavy atom. The zero-order chi connectivity index (χ0) is 26.2. The minimum absolute atomic E-state index is 0.00821. The van der Waals surface area contributed by atoms with Crippen LogP contribution in [-0.4, -0.2) is 65.1 Å². The number of anilines is 1. The van der Waals surface area contributed by atoms with Gasteiger partial charge in [0.1, 0.15) is 0 Å². The molecule has 1 N–H and O–H groups in total. The Labute approximate surface area is 211 Å². The van der Waals surface area contributed by atoms with Gasteiger partial charge in [0.05, 0.1) is 59.8 Å². The van der Waals surface area contributed by atoms with Gasteiger partial charge in [0.25, 0.3) is 0 Å². The van der Waals surface area contributed by atoms with Gasteiger partial charge in [-0.1, -0.05) is 0 Å². The minimum Gasteiger partial charge on any atom is -0.493 e. The fourth-order valence-electron chi connectivity index (χ4n) is 4.30. The van der Waals surface area contributed by atoms with Crippen molar-refractivity contribution in [3.8, 4) is 28.7 Å². The third-order valence-corrected chi connectivity index (χ3v) is 5.93. The van der Waals surface area contributed by atoms with Crippen molar-refractivity contribution in [1.82, 2.24) is 4.90 Å². The topological polar surface area (TPSA) is 105 Å². The number of rotatable bonds is 10. The normalized spacial score (nSPS) is 14.4. The van der Waals surface area contributed by atoms with Crippen molar-refractivity contribution in [2.24, 2.45) is 0 Å². The molecule has 0 aliphatic carbocycles. The summed E-state index contributed by atoms with van der Waals surface area (Å²) >= 11 is 0. The first-order chi connectivity index (χ1) is 17.4. The Balaban J connectivity index is 1.98. The number of benzene rings is 2. The van der Waals surface area contributed by atoms with Gasteiger partial charge in [-0.3, -0.25) is 4.79 Å². The number of amides is 2. The molecule has 0 unspecified atom stereocenters. The summed E-state index contributed by atoms with van der Waals surface area (Å²) in [6, 6.07) is 6.15. The zero-order valence-corrected chi connectivity index (χ0v) is 21.6. The van der Waals surface area contributed by atoms with Crippen molar-refractivity contribution in [1.29, 1.82) is 0 Å². The van der Waals surface area contributed by atoms with E-state index in [0.29, 0.717) is 60.6 Å². The maximum absolute atomic E-state index is 13.5. The third kappa shape index (κ3) is 5.69. The number of hydrogen-bond donors (Lipinski definition) is 1. The van der Waals surface area contributed by atoms with Crippen molar-refractivity contribution in [2.75, 3.05) is 53.5 Å². The molecule has 196 valence electrons. The fraction of sp³-hybridized carbons (Fsp3) is 0.462. The van der Waals surface area contributed by atoms with Gasteiger partial charge in [-0.2, -0.15) is 0 Å². The SMILES string of the molecule is CCOc1cc2c(cc1OCC)[C@H](CC(=O)OC)N(C(=O)Nc1cc(OC)c(OC)c(OC)c1)CC2. The monoisotopic (exact) mass is 502 g/mol. The number of esters is 1. The van der Waals surface area contributed by atoms with E-state index >= 15 is 0 Å². The van der Waals surface area contributed by atoms with Gasteiger partial charge in [0.15, 0.2) is 23.0 Å². The predicted octanol–water partition coefficient (Wildman–Crippen LogP) is 4.20. The summed E-state index contributed by atoms with van der Waals surface area (Å²) in [5, 5.41) is 2.90. The second-order valence-electron chi connectivity index (χ2n) is 7.95. The average molecular weight is 503 g/mol. The molecule has 0 radical (unpaired) electrons. The molecule has 0 fully saturated rings. The molecule has 1 aliphatic heterocycles. The van der Waals surface area contributed by atoms with Crippen LogP contribution in [0.3, 0.4) is 0 Å². The summed E-state index contributed by atoms with van der Waals surface area (Å²) in [6.07, 6.45) is 0.577. The lowest BCUT2D eigenvalue weighted by Gasteiger charge is -2.37. The van der Waals surface area contributed by atoms with Crippen LogP contribution in [0, 0.1) is 0 Å². The van der Waals surface area contributed by atoms with E-state index in [4.69, 9.17) is 28.4 Å². The van der Waals surface area contributed by atoms with Gasteiger partial charge in [-0.25, -0.2) is 4.79 Å². The second-order valence-corrected chi connectivity index (χ2v) is 7.95. The van der Waals surface area contributed by atoms with Gasteiger partial charge in [0.2, 0.25) is 5.75 Å². The van der Waals surface area contributed by atoms with Gasteiger partial charge < -0.3 is 38.6 Å². The largest absolute Gasteiger partial charge is 0.493 e. The summed E-state index contributed by atoms with van der Waals surface area (Å²) < 4.78 is 32.6. The number of nitrogens with one attached hydrogen (secondary N) is 1. The Morgan fingerprint density at radius 2 is 1.50 bits per heavy atom. The second kappa shape index (κ2) is 12.2. The van der Waals surface area contributed by atoms with Gasteiger partial charge in [-0.15, -0.1) is 0 Å². The fourth-order valence-corrected chi connectivity index (χ4v) is 4.30. The molecule has 2 aromatic rings. The lowest BCUT2D eigenvalue weighted by molar-refractivity contribution is -0.141. The summed E-state index contributed by atoms with van der Waals surface area (Å²) in [6.45, 7) is 5.13. The molecule has 0 bridgehead atoms. The maximum atomic E-state index is 13.5. The van der Waals surface area contributed by atoms with Gasteiger partial charge in [0, 0.05) is 18.7 Å². The minimum atomic E-state index is -0.557. The van der Waals surface area contributed by atoms with E-state index in [1.165, 1.54) is 28.4 Å². The van der Waals surface area contributed by atoms with Crippen LogP contribution in [0.5, 0.6) is 28.7 Å². The number of methoxy groups -OCH3 is 4. The molecule has 0 saturated carbocycles. The van der Waals surface area contributed by atoms with Crippen LogP contribution in [0.1, 0.15) is 37.4 Å². The van der Waals surface area contributed by atoms with Crippen LogP contribution < -0.4 is 29.0 Å². The first-order valence-electron chi connectivity index (χ1n) is 11.8. The third-order valence-electron chi connectivity index (χ3n) is 5.93. The average Bonchev–Trinajstić information content (AvgIpc) is 2.88. The molecule has 0 saturated heterocycles. The summed E-state index contributed by atoms with van der Waals surface area (Å²) in [7, 11) is 5.84.